The molecule has 5 rings (SSSR count). The Labute approximate surface area is 182 Å². The Balaban J connectivity index is 1.37. The fraction of sp³-hybridized carbons (Fsp3) is 0.375. The van der Waals surface area contributed by atoms with Crippen LogP contribution >= 0.6 is 0 Å². The number of ether oxygens (including phenoxy) is 1. The molecular formula is C24H27N5O2. The maximum atomic E-state index is 13.0. The number of nitrogens with zero attached hydrogens (tertiary/aromatic N) is 5. The molecule has 0 aliphatic carbocycles. The summed E-state index contributed by atoms with van der Waals surface area (Å²) in [5.41, 5.74) is 1.67. The Hall–Kier alpha value is -3.35. The van der Waals surface area contributed by atoms with Crippen LogP contribution in [0.25, 0.3) is 10.8 Å². The minimum Gasteiger partial charge on any atom is -0.497 e. The van der Waals surface area contributed by atoms with Crippen molar-refractivity contribution in [1.82, 2.24) is 15.1 Å². The Morgan fingerprint density at radius 3 is 2.13 bits per heavy atom. The molecule has 2 fully saturated rings. The molecule has 2 aliphatic rings. The Morgan fingerprint density at radius 2 is 1.45 bits per heavy atom. The fourth-order valence-electron chi connectivity index (χ4n) is 4.52. The second kappa shape index (κ2) is 8.41. The van der Waals surface area contributed by atoms with Crippen molar-refractivity contribution in [1.29, 1.82) is 0 Å². The predicted octanol–water partition coefficient (Wildman–Crippen LogP) is 3.20. The maximum Gasteiger partial charge on any atom is 0.275 e. The van der Waals surface area contributed by atoms with Crippen molar-refractivity contribution in [2.75, 3.05) is 56.2 Å². The van der Waals surface area contributed by atoms with E-state index in [9.17, 15) is 4.79 Å². The van der Waals surface area contributed by atoms with Crippen LogP contribution in [0.1, 0.15) is 23.3 Å². The predicted molar refractivity (Wildman–Crippen MR) is 122 cm³/mol. The zero-order valence-electron chi connectivity index (χ0n) is 17.8. The van der Waals surface area contributed by atoms with Crippen LogP contribution in [0.3, 0.4) is 0 Å². The lowest BCUT2D eigenvalue weighted by Crippen LogP contribution is -2.47. The molecule has 0 unspecified atom stereocenters. The van der Waals surface area contributed by atoms with E-state index in [2.05, 4.69) is 38.2 Å². The zero-order valence-corrected chi connectivity index (χ0v) is 17.8. The molecular weight excluding hydrogens is 390 g/mol. The van der Waals surface area contributed by atoms with Crippen molar-refractivity contribution in [2.45, 2.75) is 12.8 Å². The normalized spacial score (nSPS) is 16.7. The molecule has 2 aliphatic heterocycles. The molecule has 2 saturated heterocycles. The Kier molecular flexibility index (Phi) is 5.32. The highest BCUT2D eigenvalue weighted by molar-refractivity contribution is 6.07. The van der Waals surface area contributed by atoms with Gasteiger partial charge in [-0.15, -0.1) is 10.2 Å². The molecule has 3 heterocycles. The van der Waals surface area contributed by atoms with E-state index >= 15 is 0 Å². The van der Waals surface area contributed by atoms with Gasteiger partial charge in [0.1, 0.15) is 5.75 Å². The summed E-state index contributed by atoms with van der Waals surface area (Å²) in [7, 11) is 1.68. The topological polar surface area (TPSA) is 61.8 Å². The van der Waals surface area contributed by atoms with Crippen LogP contribution in [0.5, 0.6) is 5.75 Å². The number of rotatable bonds is 4. The van der Waals surface area contributed by atoms with Crippen LogP contribution in [0, 0.1) is 0 Å². The SMILES string of the molecule is COc1ccc(N2CCN(c3nnc(C(=O)N4CCCC4)c4ccccc34)CC2)cc1. The third-order valence-corrected chi connectivity index (χ3v) is 6.28. The third-order valence-electron chi connectivity index (χ3n) is 6.28. The van der Waals surface area contributed by atoms with E-state index in [1.54, 1.807) is 7.11 Å². The number of carbonyl (C=O) groups is 1. The number of amides is 1. The minimum absolute atomic E-state index is 0.00271. The fourth-order valence-corrected chi connectivity index (χ4v) is 4.52. The van der Waals surface area contributed by atoms with Gasteiger partial charge in [-0.1, -0.05) is 24.3 Å². The highest BCUT2D eigenvalue weighted by atomic mass is 16.5. The molecule has 0 N–H and O–H groups in total. The van der Waals surface area contributed by atoms with Gasteiger partial charge in [0.2, 0.25) is 0 Å². The van der Waals surface area contributed by atoms with Gasteiger partial charge in [0.05, 0.1) is 7.11 Å². The molecule has 31 heavy (non-hydrogen) atoms. The van der Waals surface area contributed by atoms with E-state index in [0.717, 1.165) is 74.5 Å². The molecule has 2 aromatic carbocycles. The molecule has 0 bridgehead atoms. The highest BCUT2D eigenvalue weighted by Gasteiger charge is 2.26. The summed E-state index contributed by atoms with van der Waals surface area (Å²) in [6, 6.07) is 16.2. The van der Waals surface area contributed by atoms with Crippen LogP contribution in [0.4, 0.5) is 11.5 Å². The van der Waals surface area contributed by atoms with Gasteiger partial charge in [-0.3, -0.25) is 4.79 Å². The maximum absolute atomic E-state index is 13.0. The number of anilines is 2. The van der Waals surface area contributed by atoms with Crippen LogP contribution < -0.4 is 14.5 Å². The van der Waals surface area contributed by atoms with Gasteiger partial charge in [0.15, 0.2) is 11.5 Å². The van der Waals surface area contributed by atoms with Crippen LogP contribution in [0.2, 0.25) is 0 Å². The lowest BCUT2D eigenvalue weighted by atomic mass is 10.1. The molecule has 160 valence electrons. The lowest BCUT2D eigenvalue weighted by Gasteiger charge is -2.37. The van der Waals surface area contributed by atoms with Gasteiger partial charge >= 0.3 is 0 Å². The van der Waals surface area contributed by atoms with Gasteiger partial charge in [-0.05, 0) is 37.1 Å². The van der Waals surface area contributed by atoms with Gasteiger partial charge in [-0.25, -0.2) is 0 Å². The number of carbonyl (C=O) groups excluding carboxylic acids is 1. The average molecular weight is 418 g/mol. The van der Waals surface area contributed by atoms with E-state index in [-0.39, 0.29) is 5.91 Å². The first-order chi connectivity index (χ1) is 15.2. The standard InChI is InChI=1S/C24H27N5O2/c1-31-19-10-8-18(9-11-19)27-14-16-28(17-15-27)23-21-7-3-2-6-20(21)22(25-26-23)24(30)29-12-4-5-13-29/h2-3,6-11H,4-5,12-17H2,1H3. The number of methoxy groups -OCH3 is 1. The van der Waals surface area contributed by atoms with Crippen molar-refractivity contribution in [3.05, 3.63) is 54.2 Å². The summed E-state index contributed by atoms with van der Waals surface area (Å²) in [5.74, 6) is 1.73. The van der Waals surface area contributed by atoms with Gasteiger partial charge in [0, 0.05) is 55.7 Å². The molecule has 7 heteroatoms. The first-order valence-electron chi connectivity index (χ1n) is 10.9. The van der Waals surface area contributed by atoms with Crippen LogP contribution in [0.15, 0.2) is 48.5 Å². The van der Waals surface area contributed by atoms with E-state index in [0.29, 0.717) is 5.69 Å². The van der Waals surface area contributed by atoms with Gasteiger partial charge in [-0.2, -0.15) is 0 Å². The van der Waals surface area contributed by atoms with Crippen molar-refractivity contribution >= 4 is 28.2 Å². The monoisotopic (exact) mass is 417 g/mol. The number of hydrogen-bond acceptors (Lipinski definition) is 6. The summed E-state index contributed by atoms with van der Waals surface area (Å²) in [5, 5.41) is 10.8. The average Bonchev–Trinajstić information content (AvgIpc) is 3.38. The van der Waals surface area contributed by atoms with Crippen molar-refractivity contribution in [3.8, 4) is 5.75 Å². The molecule has 0 spiro atoms. The lowest BCUT2D eigenvalue weighted by molar-refractivity contribution is 0.0788. The molecule has 3 aromatic rings. The Bertz CT molecular complexity index is 1070. The minimum atomic E-state index is -0.00271. The van der Waals surface area contributed by atoms with Crippen LogP contribution in [-0.2, 0) is 0 Å². The number of hydrogen-bond donors (Lipinski definition) is 0. The number of likely N-dealkylation sites (tertiary alicyclic amines) is 1. The van der Waals surface area contributed by atoms with Gasteiger partial charge in [0.25, 0.3) is 5.91 Å². The van der Waals surface area contributed by atoms with E-state index in [4.69, 9.17) is 4.74 Å². The van der Waals surface area contributed by atoms with Crippen LogP contribution in [-0.4, -0.2) is 67.4 Å². The summed E-state index contributed by atoms with van der Waals surface area (Å²) in [6.45, 7) is 5.12. The second-order valence-corrected chi connectivity index (χ2v) is 8.09. The number of aromatic nitrogens is 2. The first kappa shape index (κ1) is 19.6. The molecule has 7 nitrogen and oxygen atoms in total. The first-order valence-corrected chi connectivity index (χ1v) is 10.9. The number of piperazine rings is 1. The quantitative estimate of drug-likeness (QED) is 0.650. The van der Waals surface area contributed by atoms with E-state index in [1.165, 1.54) is 5.69 Å². The second-order valence-electron chi connectivity index (χ2n) is 8.09. The summed E-state index contributed by atoms with van der Waals surface area (Å²) in [4.78, 5) is 19.5. The molecule has 1 aromatic heterocycles. The van der Waals surface area contributed by atoms with E-state index < -0.39 is 0 Å². The number of benzene rings is 2. The van der Waals surface area contributed by atoms with Gasteiger partial charge < -0.3 is 19.4 Å². The summed E-state index contributed by atoms with van der Waals surface area (Å²) < 4.78 is 5.26. The third kappa shape index (κ3) is 3.76. The summed E-state index contributed by atoms with van der Waals surface area (Å²) >= 11 is 0. The van der Waals surface area contributed by atoms with Crippen molar-refractivity contribution in [3.63, 3.8) is 0 Å². The van der Waals surface area contributed by atoms with Crippen molar-refractivity contribution in [2.24, 2.45) is 0 Å². The molecule has 1 amide bonds. The molecule has 0 radical (unpaired) electrons. The van der Waals surface area contributed by atoms with Crippen molar-refractivity contribution < 1.29 is 9.53 Å². The molecule has 0 saturated carbocycles. The Morgan fingerprint density at radius 1 is 0.806 bits per heavy atom. The van der Waals surface area contributed by atoms with E-state index in [1.807, 2.05) is 35.2 Å². The molecule has 0 atom stereocenters. The largest absolute Gasteiger partial charge is 0.497 e. The summed E-state index contributed by atoms with van der Waals surface area (Å²) in [6.07, 6.45) is 2.13. The smallest absolute Gasteiger partial charge is 0.275 e. The zero-order chi connectivity index (χ0) is 21.2. The number of fused-ring (bicyclic) bond motifs is 1. The highest BCUT2D eigenvalue weighted by Crippen LogP contribution is 2.29.